The van der Waals surface area contributed by atoms with Crippen molar-refractivity contribution in [3.05, 3.63) is 0 Å². The number of nitrogens with one attached hydrogen (secondary N) is 1. The summed E-state index contributed by atoms with van der Waals surface area (Å²) in [6, 6.07) is 0. The van der Waals surface area contributed by atoms with Crippen molar-refractivity contribution in [3.63, 3.8) is 0 Å². The minimum Gasteiger partial charge on any atom is -0.320 e. The molecule has 0 rings (SSSR count). The van der Waals surface area contributed by atoms with Crippen molar-refractivity contribution in [2.45, 2.75) is 13.3 Å². The highest BCUT2D eigenvalue weighted by Crippen LogP contribution is 1.98. The number of hydrogen-bond donors (Lipinski definition) is 1. The number of nitrogens with zero attached hydrogens (tertiary/aromatic N) is 1. The average molecular weight is 190 g/mol. The molecule has 0 aliphatic carbocycles. The van der Waals surface area contributed by atoms with Crippen LogP contribution in [0.25, 0.3) is 0 Å². The summed E-state index contributed by atoms with van der Waals surface area (Å²) in [5, 5.41) is 3.16. The van der Waals surface area contributed by atoms with Crippen molar-refractivity contribution in [1.29, 1.82) is 0 Å². The fourth-order valence-corrected chi connectivity index (χ4v) is 1.73. The molecule has 0 radical (unpaired) electrons. The van der Waals surface area contributed by atoms with Gasteiger partial charge in [0.1, 0.15) is 0 Å². The van der Waals surface area contributed by atoms with E-state index < -0.39 is 0 Å². The minimum atomic E-state index is 1.13. The quantitative estimate of drug-likeness (QED) is 0.581. The molecule has 0 saturated heterocycles. The van der Waals surface area contributed by atoms with Crippen LogP contribution in [0.4, 0.5) is 0 Å². The summed E-state index contributed by atoms with van der Waals surface area (Å²) in [5.74, 6) is 2.51. The third kappa shape index (κ3) is 8.37. The van der Waals surface area contributed by atoms with E-state index in [4.69, 9.17) is 0 Å². The lowest BCUT2D eigenvalue weighted by Crippen LogP contribution is -2.25. The number of rotatable bonds is 8. The summed E-state index contributed by atoms with van der Waals surface area (Å²) in [4.78, 5) is 2.40. The Kier molecular flexibility index (Phi) is 9.57. The number of hydrogen-bond acceptors (Lipinski definition) is 3. The Balaban J connectivity index is 3.04. The van der Waals surface area contributed by atoms with Gasteiger partial charge in [0, 0.05) is 12.3 Å². The second kappa shape index (κ2) is 9.36. The van der Waals surface area contributed by atoms with E-state index in [0.717, 1.165) is 6.54 Å². The van der Waals surface area contributed by atoms with Gasteiger partial charge in [0.15, 0.2) is 0 Å². The molecule has 0 aromatic rings. The Morgan fingerprint density at radius 2 is 2.08 bits per heavy atom. The third-order valence-electron chi connectivity index (χ3n) is 1.79. The molecule has 0 heterocycles. The summed E-state index contributed by atoms with van der Waals surface area (Å²) < 4.78 is 0. The molecule has 2 nitrogen and oxygen atoms in total. The van der Waals surface area contributed by atoms with Crippen molar-refractivity contribution in [2.75, 3.05) is 45.2 Å². The van der Waals surface area contributed by atoms with Crippen LogP contribution in [-0.4, -0.2) is 50.1 Å². The first-order valence-electron chi connectivity index (χ1n) is 4.72. The first-order chi connectivity index (χ1) is 5.81. The molecule has 0 bridgehead atoms. The molecule has 12 heavy (non-hydrogen) atoms. The van der Waals surface area contributed by atoms with Crippen LogP contribution in [-0.2, 0) is 0 Å². The molecule has 0 fully saturated rings. The molecule has 3 heteroatoms. The number of thioether (sulfide) groups is 1. The predicted octanol–water partition coefficient (Wildman–Crippen LogP) is 1.28. The van der Waals surface area contributed by atoms with E-state index in [-0.39, 0.29) is 0 Å². The van der Waals surface area contributed by atoms with E-state index in [2.05, 4.69) is 24.2 Å². The van der Waals surface area contributed by atoms with Crippen LogP contribution in [0.1, 0.15) is 13.3 Å². The van der Waals surface area contributed by atoms with E-state index in [9.17, 15) is 0 Å². The second-order valence-corrected chi connectivity index (χ2v) is 4.35. The van der Waals surface area contributed by atoms with Crippen molar-refractivity contribution >= 4 is 11.8 Å². The van der Waals surface area contributed by atoms with E-state index in [1.165, 1.54) is 31.0 Å². The molecule has 0 aliphatic heterocycles. The maximum Gasteiger partial charge on any atom is 0.00693 e. The van der Waals surface area contributed by atoms with Crippen LogP contribution >= 0.6 is 11.8 Å². The zero-order valence-corrected chi connectivity index (χ0v) is 9.41. The highest BCUT2D eigenvalue weighted by molar-refractivity contribution is 7.99. The summed E-state index contributed by atoms with van der Waals surface area (Å²) in [6.07, 6.45) is 1.25. The zero-order chi connectivity index (χ0) is 9.23. The Morgan fingerprint density at radius 3 is 2.67 bits per heavy atom. The van der Waals surface area contributed by atoms with E-state index in [0.29, 0.717) is 0 Å². The Labute approximate surface area is 81.1 Å². The second-order valence-electron chi connectivity index (χ2n) is 2.96. The maximum atomic E-state index is 3.16. The van der Waals surface area contributed by atoms with Gasteiger partial charge in [-0.15, -0.1) is 0 Å². The monoisotopic (exact) mass is 190 g/mol. The van der Waals surface area contributed by atoms with Gasteiger partial charge in [-0.25, -0.2) is 0 Å². The Hall–Kier alpha value is 0.270. The fourth-order valence-electron chi connectivity index (χ4n) is 1.00. The van der Waals surface area contributed by atoms with Gasteiger partial charge in [-0.05, 0) is 39.4 Å². The summed E-state index contributed by atoms with van der Waals surface area (Å²) >= 11 is 2.02. The highest BCUT2D eigenvalue weighted by atomic mass is 32.2. The summed E-state index contributed by atoms with van der Waals surface area (Å²) in [6.45, 7) is 5.78. The third-order valence-corrected chi connectivity index (χ3v) is 2.67. The van der Waals surface area contributed by atoms with Gasteiger partial charge in [-0.3, -0.25) is 0 Å². The molecular weight excluding hydrogens is 168 g/mol. The smallest absolute Gasteiger partial charge is 0.00693 e. The molecule has 0 aliphatic rings. The molecule has 0 aromatic heterocycles. The topological polar surface area (TPSA) is 15.3 Å². The highest BCUT2D eigenvalue weighted by Gasteiger charge is 1.96. The van der Waals surface area contributed by atoms with Gasteiger partial charge in [0.05, 0.1) is 0 Å². The molecule has 0 unspecified atom stereocenters. The standard InChI is InChI=1S/C9H22N2S/c1-4-12-9-8-11(3)7-5-6-10-2/h10H,4-9H2,1-3H3. The first-order valence-corrected chi connectivity index (χ1v) is 5.87. The van der Waals surface area contributed by atoms with Gasteiger partial charge >= 0.3 is 0 Å². The fraction of sp³-hybridized carbons (Fsp3) is 1.00. The molecule has 0 spiro atoms. The maximum absolute atomic E-state index is 3.16. The molecule has 0 amide bonds. The molecule has 74 valence electrons. The molecule has 1 N–H and O–H groups in total. The van der Waals surface area contributed by atoms with Crippen LogP contribution in [0.3, 0.4) is 0 Å². The van der Waals surface area contributed by atoms with Crippen molar-refractivity contribution in [3.8, 4) is 0 Å². The average Bonchev–Trinajstić information content (AvgIpc) is 2.06. The van der Waals surface area contributed by atoms with Crippen LogP contribution in [0, 0.1) is 0 Å². The van der Waals surface area contributed by atoms with E-state index in [1.54, 1.807) is 0 Å². The predicted molar refractivity (Wildman–Crippen MR) is 59.0 cm³/mol. The molecular formula is C9H22N2S. The van der Waals surface area contributed by atoms with Crippen molar-refractivity contribution in [2.24, 2.45) is 0 Å². The van der Waals surface area contributed by atoms with E-state index in [1.807, 2.05) is 18.8 Å². The van der Waals surface area contributed by atoms with Crippen molar-refractivity contribution in [1.82, 2.24) is 10.2 Å². The lowest BCUT2D eigenvalue weighted by Gasteiger charge is -2.15. The zero-order valence-electron chi connectivity index (χ0n) is 8.60. The Bertz CT molecular complexity index is 78.6. The normalized spacial score (nSPS) is 11.0. The Morgan fingerprint density at radius 1 is 1.33 bits per heavy atom. The molecule has 0 aromatic carbocycles. The van der Waals surface area contributed by atoms with Gasteiger partial charge in [0.2, 0.25) is 0 Å². The van der Waals surface area contributed by atoms with Crippen LogP contribution < -0.4 is 5.32 Å². The minimum absolute atomic E-state index is 1.13. The largest absolute Gasteiger partial charge is 0.320 e. The molecule has 0 atom stereocenters. The lowest BCUT2D eigenvalue weighted by atomic mass is 10.4. The molecule has 0 saturated carbocycles. The first kappa shape index (κ1) is 12.3. The van der Waals surface area contributed by atoms with E-state index >= 15 is 0 Å². The van der Waals surface area contributed by atoms with Gasteiger partial charge < -0.3 is 10.2 Å². The van der Waals surface area contributed by atoms with Crippen molar-refractivity contribution < 1.29 is 0 Å². The SMILES string of the molecule is CCSCCN(C)CCCNC. The van der Waals surface area contributed by atoms with Crippen LogP contribution in [0.15, 0.2) is 0 Å². The van der Waals surface area contributed by atoms with Gasteiger partial charge in [-0.2, -0.15) is 11.8 Å². The summed E-state index contributed by atoms with van der Waals surface area (Å²) in [7, 11) is 4.21. The van der Waals surface area contributed by atoms with Gasteiger partial charge in [-0.1, -0.05) is 6.92 Å². The lowest BCUT2D eigenvalue weighted by molar-refractivity contribution is 0.349. The van der Waals surface area contributed by atoms with Crippen LogP contribution in [0.2, 0.25) is 0 Å². The van der Waals surface area contributed by atoms with Gasteiger partial charge in [0.25, 0.3) is 0 Å². The van der Waals surface area contributed by atoms with Crippen LogP contribution in [0.5, 0.6) is 0 Å². The summed E-state index contributed by atoms with van der Waals surface area (Å²) in [5.41, 5.74) is 0.